The number of halogens is 3. The van der Waals surface area contributed by atoms with Crippen molar-refractivity contribution in [1.82, 2.24) is 0 Å². The van der Waals surface area contributed by atoms with Gasteiger partial charge >= 0.3 is 5.97 Å². The number of hydrogen-bond acceptors (Lipinski definition) is 3. The first-order valence-corrected chi connectivity index (χ1v) is 5.12. The van der Waals surface area contributed by atoms with Gasteiger partial charge in [0.1, 0.15) is 5.82 Å². The number of benzene rings is 1. The Morgan fingerprint density at radius 1 is 1.62 bits per heavy atom. The SMILES string of the molecule is COC(=O)C[C@H](N)c1c(F)cccc1Br.Cl. The topological polar surface area (TPSA) is 52.3 Å². The molecule has 1 atom stereocenters. The van der Waals surface area contributed by atoms with Gasteiger partial charge in [-0.05, 0) is 12.1 Å². The first-order valence-electron chi connectivity index (χ1n) is 4.32. The Kier molecular flexibility index (Phi) is 6.55. The van der Waals surface area contributed by atoms with Crippen LogP contribution in [-0.2, 0) is 9.53 Å². The Morgan fingerprint density at radius 2 is 2.25 bits per heavy atom. The number of carbonyl (C=O) groups is 1. The lowest BCUT2D eigenvalue weighted by Gasteiger charge is -2.13. The van der Waals surface area contributed by atoms with Gasteiger partial charge in [-0.1, -0.05) is 22.0 Å². The number of methoxy groups -OCH3 is 1. The summed E-state index contributed by atoms with van der Waals surface area (Å²) in [6.07, 6.45) is -0.0456. The molecule has 0 aliphatic rings. The van der Waals surface area contributed by atoms with Gasteiger partial charge in [0, 0.05) is 16.1 Å². The van der Waals surface area contributed by atoms with Crippen LogP contribution in [0.5, 0.6) is 0 Å². The maximum atomic E-state index is 13.4. The molecule has 0 aliphatic carbocycles. The second-order valence-corrected chi connectivity index (χ2v) is 3.88. The molecule has 1 aromatic carbocycles. The molecular weight excluding hydrogens is 300 g/mol. The summed E-state index contributed by atoms with van der Waals surface area (Å²) in [6, 6.07) is 3.84. The molecule has 1 aromatic rings. The molecule has 0 heterocycles. The minimum Gasteiger partial charge on any atom is -0.469 e. The first kappa shape index (κ1) is 15.3. The normalized spacial score (nSPS) is 11.5. The summed E-state index contributed by atoms with van der Waals surface area (Å²) >= 11 is 3.19. The van der Waals surface area contributed by atoms with E-state index < -0.39 is 17.8 Å². The van der Waals surface area contributed by atoms with E-state index in [1.54, 1.807) is 12.1 Å². The van der Waals surface area contributed by atoms with Crippen molar-refractivity contribution >= 4 is 34.3 Å². The third kappa shape index (κ3) is 3.73. The van der Waals surface area contributed by atoms with E-state index in [0.717, 1.165) is 0 Å². The van der Waals surface area contributed by atoms with Gasteiger partial charge < -0.3 is 10.5 Å². The fraction of sp³-hybridized carbons (Fsp3) is 0.300. The Balaban J connectivity index is 0.00000225. The van der Waals surface area contributed by atoms with Gasteiger partial charge in [0.2, 0.25) is 0 Å². The molecule has 0 saturated carbocycles. The second-order valence-electron chi connectivity index (χ2n) is 3.02. The lowest BCUT2D eigenvalue weighted by molar-refractivity contribution is -0.141. The van der Waals surface area contributed by atoms with Gasteiger partial charge in [-0.2, -0.15) is 0 Å². The number of nitrogens with two attached hydrogens (primary N) is 1. The predicted octanol–water partition coefficient (Wildman–Crippen LogP) is 2.57. The van der Waals surface area contributed by atoms with Gasteiger partial charge in [0.25, 0.3) is 0 Å². The molecule has 0 unspecified atom stereocenters. The lowest BCUT2D eigenvalue weighted by atomic mass is 10.0. The minimum atomic E-state index is -0.701. The third-order valence-electron chi connectivity index (χ3n) is 1.98. The van der Waals surface area contributed by atoms with Crippen molar-refractivity contribution in [2.75, 3.05) is 7.11 Å². The maximum Gasteiger partial charge on any atom is 0.307 e. The Hall–Kier alpha value is -0.650. The van der Waals surface area contributed by atoms with Crippen molar-refractivity contribution in [3.63, 3.8) is 0 Å². The van der Waals surface area contributed by atoms with Gasteiger partial charge in [0.15, 0.2) is 0 Å². The first-order chi connectivity index (χ1) is 7.06. The van der Waals surface area contributed by atoms with Crippen LogP contribution < -0.4 is 5.73 Å². The highest BCUT2D eigenvalue weighted by Crippen LogP contribution is 2.26. The summed E-state index contributed by atoms with van der Waals surface area (Å²) < 4.78 is 18.4. The molecule has 0 fully saturated rings. The average molecular weight is 313 g/mol. The van der Waals surface area contributed by atoms with Crippen LogP contribution >= 0.6 is 28.3 Å². The van der Waals surface area contributed by atoms with E-state index in [4.69, 9.17) is 5.73 Å². The number of hydrogen-bond donors (Lipinski definition) is 1. The molecule has 90 valence electrons. The van der Waals surface area contributed by atoms with E-state index >= 15 is 0 Å². The number of ether oxygens (including phenoxy) is 1. The molecule has 0 radical (unpaired) electrons. The van der Waals surface area contributed by atoms with Gasteiger partial charge in [-0.25, -0.2) is 4.39 Å². The third-order valence-corrected chi connectivity index (χ3v) is 2.68. The van der Waals surface area contributed by atoms with E-state index in [1.165, 1.54) is 13.2 Å². The van der Waals surface area contributed by atoms with Crippen molar-refractivity contribution in [3.8, 4) is 0 Å². The molecule has 0 spiro atoms. The summed E-state index contributed by atoms with van der Waals surface area (Å²) in [5, 5.41) is 0. The molecule has 0 aromatic heterocycles. The zero-order chi connectivity index (χ0) is 11.4. The Morgan fingerprint density at radius 3 is 2.75 bits per heavy atom. The number of carbonyl (C=O) groups excluding carboxylic acids is 1. The largest absolute Gasteiger partial charge is 0.469 e. The number of rotatable bonds is 3. The molecule has 2 N–H and O–H groups in total. The van der Waals surface area contributed by atoms with Crippen molar-refractivity contribution in [3.05, 3.63) is 34.1 Å². The van der Waals surface area contributed by atoms with E-state index in [2.05, 4.69) is 20.7 Å². The smallest absolute Gasteiger partial charge is 0.307 e. The molecule has 3 nitrogen and oxygen atoms in total. The van der Waals surface area contributed by atoms with Crippen LogP contribution in [0.25, 0.3) is 0 Å². The van der Waals surface area contributed by atoms with Crippen LogP contribution in [0.1, 0.15) is 18.0 Å². The van der Waals surface area contributed by atoms with Crippen molar-refractivity contribution in [2.24, 2.45) is 5.73 Å². The summed E-state index contributed by atoms with van der Waals surface area (Å²) in [4.78, 5) is 11.0. The highest BCUT2D eigenvalue weighted by atomic mass is 79.9. The molecule has 0 bridgehead atoms. The van der Waals surface area contributed by atoms with E-state index in [0.29, 0.717) is 10.0 Å². The monoisotopic (exact) mass is 311 g/mol. The van der Waals surface area contributed by atoms with Crippen LogP contribution in [0.3, 0.4) is 0 Å². The van der Waals surface area contributed by atoms with Crippen molar-refractivity contribution < 1.29 is 13.9 Å². The summed E-state index contributed by atoms with van der Waals surface area (Å²) in [5.74, 6) is -0.890. The molecule has 1 rings (SSSR count). The Bertz CT molecular complexity index is 356. The Labute approximate surface area is 108 Å². The van der Waals surface area contributed by atoms with Gasteiger partial charge in [0.05, 0.1) is 13.5 Å². The molecule has 16 heavy (non-hydrogen) atoms. The van der Waals surface area contributed by atoms with Crippen molar-refractivity contribution in [2.45, 2.75) is 12.5 Å². The standard InChI is InChI=1S/C10H11BrFNO2.ClH/c1-15-9(14)5-8(13)10-6(11)3-2-4-7(10)12;/h2-4,8H,5,13H2,1H3;1H/t8-;/m0./s1. The summed E-state index contributed by atoms with van der Waals surface area (Å²) in [6.45, 7) is 0. The fourth-order valence-electron chi connectivity index (χ4n) is 1.23. The maximum absolute atomic E-state index is 13.4. The zero-order valence-corrected chi connectivity index (χ0v) is 11.0. The van der Waals surface area contributed by atoms with Gasteiger partial charge in [-0.3, -0.25) is 4.79 Å². The van der Waals surface area contributed by atoms with Gasteiger partial charge in [-0.15, -0.1) is 12.4 Å². The van der Waals surface area contributed by atoms with Crippen LogP contribution in [0.15, 0.2) is 22.7 Å². The summed E-state index contributed by atoms with van der Waals surface area (Å²) in [7, 11) is 1.27. The predicted molar refractivity (Wildman–Crippen MR) is 64.9 cm³/mol. The zero-order valence-electron chi connectivity index (χ0n) is 8.57. The fourth-order valence-corrected chi connectivity index (χ4v) is 1.87. The van der Waals surface area contributed by atoms with Crippen LogP contribution in [0.2, 0.25) is 0 Å². The molecule has 6 heteroatoms. The molecule has 0 amide bonds. The van der Waals surface area contributed by atoms with Crippen molar-refractivity contribution in [1.29, 1.82) is 0 Å². The average Bonchev–Trinajstić information content (AvgIpc) is 2.17. The minimum absolute atomic E-state index is 0. The van der Waals surface area contributed by atoms with E-state index in [9.17, 15) is 9.18 Å². The number of esters is 1. The van der Waals surface area contributed by atoms with Crippen LogP contribution in [-0.4, -0.2) is 13.1 Å². The molecule has 0 saturated heterocycles. The lowest BCUT2D eigenvalue weighted by Crippen LogP contribution is -2.18. The van der Waals surface area contributed by atoms with E-state index in [1.807, 2.05) is 0 Å². The molecular formula is C10H12BrClFNO2. The van der Waals surface area contributed by atoms with E-state index in [-0.39, 0.29) is 18.8 Å². The highest BCUT2D eigenvalue weighted by Gasteiger charge is 2.18. The highest BCUT2D eigenvalue weighted by molar-refractivity contribution is 9.10. The summed E-state index contributed by atoms with van der Waals surface area (Å²) in [5.41, 5.74) is 6.00. The molecule has 0 aliphatic heterocycles. The quantitative estimate of drug-likeness (QED) is 0.873. The van der Waals surface area contributed by atoms with Crippen LogP contribution in [0, 0.1) is 5.82 Å². The second kappa shape index (κ2) is 6.83. The van der Waals surface area contributed by atoms with Crippen LogP contribution in [0.4, 0.5) is 4.39 Å².